The van der Waals surface area contributed by atoms with E-state index < -0.39 is 0 Å². The SMILES string of the molecule is Cn1c(=O)ccc2cc(OCCN(Cc3ccncc3)Cc3ccncc3)ccc21. The van der Waals surface area contributed by atoms with Crippen LogP contribution < -0.4 is 10.3 Å². The molecule has 0 aliphatic heterocycles. The Morgan fingerprint density at radius 1 is 0.867 bits per heavy atom. The lowest BCUT2D eigenvalue weighted by Gasteiger charge is -2.22. The third kappa shape index (κ3) is 4.90. The minimum Gasteiger partial charge on any atom is -0.492 e. The molecule has 0 aliphatic carbocycles. The maximum atomic E-state index is 11.8. The fourth-order valence-corrected chi connectivity index (χ4v) is 3.45. The van der Waals surface area contributed by atoms with Crippen LogP contribution >= 0.6 is 0 Å². The number of rotatable bonds is 8. The smallest absolute Gasteiger partial charge is 0.250 e. The molecule has 0 saturated heterocycles. The number of aryl methyl sites for hydroxylation is 1. The highest BCUT2D eigenvalue weighted by atomic mass is 16.5. The Balaban J connectivity index is 1.43. The fourth-order valence-electron chi connectivity index (χ4n) is 3.45. The van der Waals surface area contributed by atoms with Crippen molar-refractivity contribution in [3.8, 4) is 5.75 Å². The highest BCUT2D eigenvalue weighted by Crippen LogP contribution is 2.19. The van der Waals surface area contributed by atoms with Crippen molar-refractivity contribution in [1.29, 1.82) is 0 Å². The van der Waals surface area contributed by atoms with E-state index in [0.717, 1.165) is 36.3 Å². The van der Waals surface area contributed by atoms with E-state index in [4.69, 9.17) is 4.74 Å². The molecule has 0 fully saturated rings. The second-order valence-corrected chi connectivity index (χ2v) is 7.22. The second kappa shape index (κ2) is 9.33. The van der Waals surface area contributed by atoms with Crippen LogP contribution in [0, 0.1) is 0 Å². The van der Waals surface area contributed by atoms with Gasteiger partial charge in [-0.05, 0) is 59.7 Å². The van der Waals surface area contributed by atoms with E-state index in [-0.39, 0.29) is 5.56 Å². The molecule has 0 atom stereocenters. The summed E-state index contributed by atoms with van der Waals surface area (Å²) < 4.78 is 7.68. The van der Waals surface area contributed by atoms with Gasteiger partial charge in [0.2, 0.25) is 0 Å². The van der Waals surface area contributed by atoms with Crippen LogP contribution in [0.25, 0.3) is 10.9 Å². The summed E-state index contributed by atoms with van der Waals surface area (Å²) in [5.74, 6) is 0.800. The molecule has 6 nitrogen and oxygen atoms in total. The molecule has 0 radical (unpaired) electrons. The zero-order valence-electron chi connectivity index (χ0n) is 16.9. The maximum Gasteiger partial charge on any atom is 0.250 e. The summed E-state index contributed by atoms with van der Waals surface area (Å²) in [7, 11) is 1.78. The van der Waals surface area contributed by atoms with Crippen LogP contribution in [0.4, 0.5) is 0 Å². The lowest BCUT2D eigenvalue weighted by atomic mass is 10.2. The van der Waals surface area contributed by atoms with Gasteiger partial charge in [-0.25, -0.2) is 0 Å². The Morgan fingerprint density at radius 2 is 1.50 bits per heavy atom. The van der Waals surface area contributed by atoms with E-state index >= 15 is 0 Å². The summed E-state index contributed by atoms with van der Waals surface area (Å²) in [4.78, 5) is 22.3. The van der Waals surface area contributed by atoms with Crippen LogP contribution in [0.15, 0.2) is 84.2 Å². The van der Waals surface area contributed by atoms with Gasteiger partial charge in [-0.15, -0.1) is 0 Å². The summed E-state index contributed by atoms with van der Waals surface area (Å²) in [5.41, 5.74) is 3.31. The third-order valence-corrected chi connectivity index (χ3v) is 5.08. The minimum absolute atomic E-state index is 0.0148. The van der Waals surface area contributed by atoms with Gasteiger partial charge in [0, 0.05) is 62.9 Å². The highest BCUT2D eigenvalue weighted by molar-refractivity contribution is 5.80. The zero-order chi connectivity index (χ0) is 20.8. The predicted octanol–water partition coefficient (Wildman–Crippen LogP) is 3.41. The van der Waals surface area contributed by atoms with Gasteiger partial charge < -0.3 is 9.30 Å². The molecular formula is C24H24N4O2. The van der Waals surface area contributed by atoms with E-state index in [2.05, 4.69) is 14.9 Å². The molecule has 6 heteroatoms. The van der Waals surface area contributed by atoms with E-state index in [1.165, 1.54) is 11.1 Å². The average Bonchev–Trinajstić information content (AvgIpc) is 2.78. The number of aromatic nitrogens is 3. The maximum absolute atomic E-state index is 11.8. The molecule has 4 aromatic rings. The topological polar surface area (TPSA) is 60.2 Å². The number of ether oxygens (including phenoxy) is 1. The van der Waals surface area contributed by atoms with Crippen molar-refractivity contribution < 1.29 is 4.74 Å². The molecule has 3 aromatic heterocycles. The van der Waals surface area contributed by atoms with Gasteiger partial charge in [0.15, 0.2) is 0 Å². The van der Waals surface area contributed by atoms with Gasteiger partial charge in [-0.3, -0.25) is 19.7 Å². The lowest BCUT2D eigenvalue weighted by Crippen LogP contribution is -2.27. The first kappa shape index (κ1) is 19.8. The van der Waals surface area contributed by atoms with Crippen LogP contribution in [0.1, 0.15) is 11.1 Å². The summed E-state index contributed by atoms with van der Waals surface area (Å²) in [6, 6.07) is 17.4. The van der Waals surface area contributed by atoms with Gasteiger partial charge in [0.25, 0.3) is 5.56 Å². The molecule has 30 heavy (non-hydrogen) atoms. The first-order valence-corrected chi connectivity index (χ1v) is 9.92. The van der Waals surface area contributed by atoms with Gasteiger partial charge in [-0.2, -0.15) is 0 Å². The van der Waals surface area contributed by atoms with Crippen LogP contribution in [0.5, 0.6) is 5.75 Å². The van der Waals surface area contributed by atoms with Gasteiger partial charge in [0.1, 0.15) is 12.4 Å². The Labute approximate surface area is 175 Å². The Kier molecular flexibility index (Phi) is 6.15. The first-order valence-electron chi connectivity index (χ1n) is 9.92. The highest BCUT2D eigenvalue weighted by Gasteiger charge is 2.09. The number of nitrogens with zero attached hydrogens (tertiary/aromatic N) is 4. The molecule has 1 aromatic carbocycles. The summed E-state index contributed by atoms with van der Waals surface area (Å²) in [6.45, 7) is 2.96. The molecule has 0 amide bonds. The monoisotopic (exact) mass is 400 g/mol. The van der Waals surface area contributed by atoms with Crippen molar-refractivity contribution in [2.24, 2.45) is 7.05 Å². The number of hydrogen-bond acceptors (Lipinski definition) is 5. The van der Waals surface area contributed by atoms with Crippen LogP contribution in [-0.2, 0) is 20.1 Å². The molecule has 0 spiro atoms. The molecule has 4 rings (SSSR count). The standard InChI is InChI=1S/C24H24N4O2/c1-27-23-4-3-22(16-21(23)2-5-24(27)29)30-15-14-28(17-19-6-10-25-11-7-19)18-20-8-12-26-13-9-20/h2-13,16H,14-15,17-18H2,1H3. The summed E-state index contributed by atoms with van der Waals surface area (Å²) in [5, 5.41) is 0.986. The number of pyridine rings is 3. The van der Waals surface area contributed by atoms with Gasteiger partial charge in [0.05, 0.1) is 5.52 Å². The van der Waals surface area contributed by atoms with E-state index in [1.807, 2.05) is 73.3 Å². The summed E-state index contributed by atoms with van der Waals surface area (Å²) >= 11 is 0. The predicted molar refractivity (Wildman–Crippen MR) is 117 cm³/mol. The molecule has 0 saturated carbocycles. The number of fused-ring (bicyclic) bond motifs is 1. The largest absolute Gasteiger partial charge is 0.492 e. The average molecular weight is 400 g/mol. The quantitative estimate of drug-likeness (QED) is 0.454. The Bertz CT molecular complexity index is 1120. The molecule has 152 valence electrons. The molecule has 0 aliphatic rings. The van der Waals surface area contributed by atoms with Crippen molar-refractivity contribution >= 4 is 10.9 Å². The van der Waals surface area contributed by atoms with Gasteiger partial charge >= 0.3 is 0 Å². The Morgan fingerprint density at radius 3 is 2.13 bits per heavy atom. The number of benzene rings is 1. The molecule has 3 heterocycles. The van der Waals surface area contributed by atoms with Crippen molar-refractivity contribution in [1.82, 2.24) is 19.4 Å². The molecule has 0 bridgehead atoms. The zero-order valence-corrected chi connectivity index (χ0v) is 16.9. The molecule has 0 unspecified atom stereocenters. The van der Waals surface area contributed by atoms with Crippen molar-refractivity contribution in [3.63, 3.8) is 0 Å². The normalized spacial score (nSPS) is 11.1. The first-order chi connectivity index (χ1) is 14.7. The second-order valence-electron chi connectivity index (χ2n) is 7.22. The van der Waals surface area contributed by atoms with Gasteiger partial charge in [-0.1, -0.05) is 0 Å². The van der Waals surface area contributed by atoms with E-state index in [9.17, 15) is 4.79 Å². The van der Waals surface area contributed by atoms with E-state index in [1.54, 1.807) is 17.7 Å². The fraction of sp³-hybridized carbons (Fsp3) is 0.208. The van der Waals surface area contributed by atoms with Crippen molar-refractivity contribution in [3.05, 3.63) is 101 Å². The third-order valence-electron chi connectivity index (χ3n) is 5.08. The molecular weight excluding hydrogens is 376 g/mol. The van der Waals surface area contributed by atoms with Crippen LogP contribution in [0.3, 0.4) is 0 Å². The van der Waals surface area contributed by atoms with Crippen molar-refractivity contribution in [2.45, 2.75) is 13.1 Å². The van der Waals surface area contributed by atoms with Crippen LogP contribution in [0.2, 0.25) is 0 Å². The summed E-state index contributed by atoms with van der Waals surface area (Å²) in [6.07, 6.45) is 7.27. The Hall–Kier alpha value is -3.51. The number of hydrogen-bond donors (Lipinski definition) is 0. The van der Waals surface area contributed by atoms with Crippen molar-refractivity contribution in [2.75, 3.05) is 13.2 Å². The van der Waals surface area contributed by atoms with E-state index in [0.29, 0.717) is 6.61 Å². The minimum atomic E-state index is -0.0148. The lowest BCUT2D eigenvalue weighted by molar-refractivity contribution is 0.196. The molecule has 0 N–H and O–H groups in total. The van der Waals surface area contributed by atoms with Crippen LogP contribution in [-0.4, -0.2) is 32.6 Å².